The second-order valence-corrected chi connectivity index (χ2v) is 5.81. The van der Waals surface area contributed by atoms with E-state index in [1.54, 1.807) is 0 Å². The summed E-state index contributed by atoms with van der Waals surface area (Å²) in [6.07, 6.45) is 5.90. The summed E-state index contributed by atoms with van der Waals surface area (Å²) in [4.78, 5) is 14.4. The second-order valence-electron chi connectivity index (χ2n) is 5.81. The number of amides is 1. The third kappa shape index (κ3) is 5.40. The Morgan fingerprint density at radius 2 is 2.10 bits per heavy atom. The van der Waals surface area contributed by atoms with Crippen molar-refractivity contribution in [2.24, 2.45) is 5.73 Å². The van der Waals surface area contributed by atoms with Crippen LogP contribution in [0.15, 0.2) is 0 Å². The van der Waals surface area contributed by atoms with Gasteiger partial charge in [-0.25, -0.2) is 0 Å². The average molecular weight is 321 g/mol. The van der Waals surface area contributed by atoms with Crippen LogP contribution in [0.2, 0.25) is 0 Å². The number of ether oxygens (including phenoxy) is 2. The van der Waals surface area contributed by atoms with Gasteiger partial charge in [0.15, 0.2) is 0 Å². The van der Waals surface area contributed by atoms with Gasteiger partial charge in [-0.1, -0.05) is 6.92 Å². The van der Waals surface area contributed by atoms with E-state index in [-0.39, 0.29) is 30.5 Å². The third-order valence-electron chi connectivity index (χ3n) is 4.19. The minimum atomic E-state index is -0.267. The zero-order valence-corrected chi connectivity index (χ0v) is 13.8. The van der Waals surface area contributed by atoms with Crippen LogP contribution >= 0.6 is 12.4 Å². The first-order valence-corrected chi connectivity index (χ1v) is 8.00. The summed E-state index contributed by atoms with van der Waals surface area (Å²) in [6, 6.07) is 0. The van der Waals surface area contributed by atoms with Crippen molar-refractivity contribution in [1.82, 2.24) is 4.90 Å². The molecule has 5 nitrogen and oxygen atoms in total. The first-order chi connectivity index (χ1) is 9.74. The lowest BCUT2D eigenvalue weighted by Gasteiger charge is -2.24. The van der Waals surface area contributed by atoms with E-state index < -0.39 is 0 Å². The molecule has 124 valence electrons. The summed E-state index contributed by atoms with van der Waals surface area (Å²) >= 11 is 0. The summed E-state index contributed by atoms with van der Waals surface area (Å²) in [5, 5.41) is 0. The van der Waals surface area contributed by atoms with Crippen LogP contribution in [0.4, 0.5) is 0 Å². The van der Waals surface area contributed by atoms with E-state index in [9.17, 15) is 4.79 Å². The Morgan fingerprint density at radius 1 is 1.29 bits per heavy atom. The number of nitrogens with zero attached hydrogens (tertiary/aromatic N) is 1. The number of carbonyl (C=O) groups excluding carboxylic acids is 1. The van der Waals surface area contributed by atoms with Crippen LogP contribution in [0.5, 0.6) is 0 Å². The van der Waals surface area contributed by atoms with Crippen molar-refractivity contribution in [1.29, 1.82) is 0 Å². The molecule has 0 aromatic heterocycles. The van der Waals surface area contributed by atoms with E-state index in [1.807, 2.05) is 4.90 Å². The minimum Gasteiger partial charge on any atom is -0.378 e. The molecule has 2 fully saturated rings. The number of hydrogen-bond acceptors (Lipinski definition) is 4. The normalized spacial score (nSPS) is 29.8. The zero-order chi connectivity index (χ0) is 14.4. The Bertz CT molecular complexity index is 317. The molecule has 6 heteroatoms. The van der Waals surface area contributed by atoms with Gasteiger partial charge in [-0.15, -0.1) is 12.4 Å². The van der Waals surface area contributed by atoms with E-state index in [0.717, 1.165) is 58.2 Å². The second kappa shape index (κ2) is 9.62. The first kappa shape index (κ1) is 18.7. The predicted molar refractivity (Wildman–Crippen MR) is 84.7 cm³/mol. The summed E-state index contributed by atoms with van der Waals surface area (Å²) < 4.78 is 11.5. The van der Waals surface area contributed by atoms with Crippen LogP contribution in [-0.4, -0.2) is 55.4 Å². The molecular formula is C15H29ClN2O3. The summed E-state index contributed by atoms with van der Waals surface area (Å²) in [5.74, 6) is 0.150. The lowest BCUT2D eigenvalue weighted by Crippen LogP contribution is -2.40. The molecule has 21 heavy (non-hydrogen) atoms. The number of nitrogens with two attached hydrogens (primary N) is 1. The van der Waals surface area contributed by atoms with E-state index >= 15 is 0 Å². The number of halogens is 1. The van der Waals surface area contributed by atoms with Gasteiger partial charge in [0.25, 0.3) is 5.91 Å². The highest BCUT2D eigenvalue weighted by molar-refractivity contribution is 5.85. The van der Waals surface area contributed by atoms with E-state index in [0.29, 0.717) is 12.6 Å². The molecule has 2 aliphatic heterocycles. The molecule has 0 aromatic rings. The molecule has 0 radical (unpaired) electrons. The highest BCUT2D eigenvalue weighted by Gasteiger charge is 2.33. The van der Waals surface area contributed by atoms with Crippen molar-refractivity contribution in [3.05, 3.63) is 0 Å². The number of carbonyl (C=O) groups is 1. The molecule has 1 amide bonds. The van der Waals surface area contributed by atoms with Crippen molar-refractivity contribution in [2.45, 2.75) is 63.8 Å². The van der Waals surface area contributed by atoms with Gasteiger partial charge < -0.3 is 20.1 Å². The Morgan fingerprint density at radius 3 is 2.76 bits per heavy atom. The molecule has 0 bridgehead atoms. The molecule has 0 aromatic carbocycles. The maximum atomic E-state index is 12.5. The van der Waals surface area contributed by atoms with Crippen LogP contribution in [0.1, 0.15) is 45.4 Å². The molecule has 0 spiro atoms. The quantitative estimate of drug-likeness (QED) is 0.837. The molecule has 2 heterocycles. The largest absolute Gasteiger partial charge is 0.378 e. The van der Waals surface area contributed by atoms with Crippen molar-refractivity contribution >= 4 is 18.3 Å². The third-order valence-corrected chi connectivity index (χ3v) is 4.19. The summed E-state index contributed by atoms with van der Waals surface area (Å²) in [5.41, 5.74) is 5.60. The Kier molecular flexibility index (Phi) is 8.56. The molecule has 3 atom stereocenters. The van der Waals surface area contributed by atoms with E-state index in [1.165, 1.54) is 0 Å². The van der Waals surface area contributed by atoms with Gasteiger partial charge in [-0.3, -0.25) is 4.79 Å². The lowest BCUT2D eigenvalue weighted by molar-refractivity contribution is -0.142. The maximum absolute atomic E-state index is 12.5. The molecule has 2 saturated heterocycles. The molecule has 2 rings (SSSR count). The molecule has 0 saturated carbocycles. The Labute approximate surface area is 133 Å². The highest BCUT2D eigenvalue weighted by atomic mass is 35.5. The monoisotopic (exact) mass is 320 g/mol. The average Bonchev–Trinajstić information content (AvgIpc) is 2.83. The predicted octanol–water partition coefficient (Wildman–Crippen LogP) is 1.72. The zero-order valence-electron chi connectivity index (χ0n) is 13.0. The van der Waals surface area contributed by atoms with E-state index in [2.05, 4.69) is 6.92 Å². The fourth-order valence-corrected chi connectivity index (χ4v) is 3.00. The SMILES string of the molecule is CCCOC1CCCN(C(=O)[C@@H]2CC[C@H](CN)O2)CC1.Cl. The Balaban J connectivity index is 0.00000220. The topological polar surface area (TPSA) is 64.8 Å². The minimum absolute atomic E-state index is 0. The summed E-state index contributed by atoms with van der Waals surface area (Å²) in [7, 11) is 0. The standard InChI is InChI=1S/C15H28N2O3.ClH/c1-2-10-19-12-4-3-8-17(9-7-12)15(18)14-6-5-13(11-16)20-14;/h12-14H,2-11,16H2,1H3;1H/t12?,13-,14+;/m1./s1. The number of hydrogen-bond donors (Lipinski definition) is 1. The van der Waals surface area contributed by atoms with Crippen LogP contribution in [-0.2, 0) is 14.3 Å². The smallest absolute Gasteiger partial charge is 0.251 e. The van der Waals surface area contributed by atoms with Gasteiger partial charge in [0.2, 0.25) is 0 Å². The maximum Gasteiger partial charge on any atom is 0.251 e. The summed E-state index contributed by atoms with van der Waals surface area (Å²) in [6.45, 7) is 5.08. The van der Waals surface area contributed by atoms with Gasteiger partial charge in [0.05, 0.1) is 12.2 Å². The highest BCUT2D eigenvalue weighted by Crippen LogP contribution is 2.22. The molecule has 2 N–H and O–H groups in total. The van der Waals surface area contributed by atoms with Crippen LogP contribution in [0.3, 0.4) is 0 Å². The van der Waals surface area contributed by atoms with Crippen molar-refractivity contribution in [2.75, 3.05) is 26.2 Å². The van der Waals surface area contributed by atoms with Gasteiger partial charge in [0, 0.05) is 26.2 Å². The van der Waals surface area contributed by atoms with Crippen LogP contribution in [0, 0.1) is 0 Å². The van der Waals surface area contributed by atoms with Gasteiger partial charge in [-0.05, 0) is 38.5 Å². The van der Waals surface area contributed by atoms with Gasteiger partial charge >= 0.3 is 0 Å². The van der Waals surface area contributed by atoms with Crippen molar-refractivity contribution in [3.63, 3.8) is 0 Å². The van der Waals surface area contributed by atoms with Crippen molar-refractivity contribution < 1.29 is 14.3 Å². The number of likely N-dealkylation sites (tertiary alicyclic amines) is 1. The van der Waals surface area contributed by atoms with Crippen molar-refractivity contribution in [3.8, 4) is 0 Å². The van der Waals surface area contributed by atoms with E-state index in [4.69, 9.17) is 15.2 Å². The molecular weight excluding hydrogens is 292 g/mol. The molecule has 0 aliphatic carbocycles. The fraction of sp³-hybridized carbons (Fsp3) is 0.933. The number of rotatable bonds is 5. The molecule has 1 unspecified atom stereocenters. The lowest BCUT2D eigenvalue weighted by atomic mass is 10.1. The van der Waals surface area contributed by atoms with Gasteiger partial charge in [-0.2, -0.15) is 0 Å². The van der Waals surface area contributed by atoms with Crippen LogP contribution < -0.4 is 5.73 Å². The van der Waals surface area contributed by atoms with Gasteiger partial charge in [0.1, 0.15) is 6.10 Å². The molecule has 2 aliphatic rings. The Hall–Kier alpha value is -0.360. The fourth-order valence-electron chi connectivity index (χ4n) is 3.00. The first-order valence-electron chi connectivity index (χ1n) is 8.00. The van der Waals surface area contributed by atoms with Crippen LogP contribution in [0.25, 0.3) is 0 Å².